The van der Waals surface area contributed by atoms with Crippen molar-refractivity contribution in [1.82, 2.24) is 4.98 Å². The Balaban J connectivity index is 2.42. The topological polar surface area (TPSA) is 51.2 Å². The number of ether oxygens (including phenoxy) is 1. The Labute approximate surface area is 83.4 Å². The van der Waals surface area contributed by atoms with Crippen molar-refractivity contribution >= 4 is 27.7 Å². The van der Waals surface area contributed by atoms with E-state index < -0.39 is 6.10 Å². The summed E-state index contributed by atoms with van der Waals surface area (Å²) in [5.74, 6) is 0.908. The lowest BCUT2D eigenvalue weighted by molar-refractivity contribution is -0.122. The smallest absolute Gasteiger partial charge is 0.266 e. The highest BCUT2D eigenvalue weighted by Crippen LogP contribution is 2.28. The van der Waals surface area contributed by atoms with E-state index in [9.17, 15) is 4.79 Å². The van der Waals surface area contributed by atoms with Crippen molar-refractivity contribution in [3.8, 4) is 5.75 Å². The van der Waals surface area contributed by atoms with Crippen molar-refractivity contribution in [2.45, 2.75) is 13.0 Å². The summed E-state index contributed by atoms with van der Waals surface area (Å²) in [6.07, 6.45) is -0.449. The van der Waals surface area contributed by atoms with Gasteiger partial charge in [0.15, 0.2) is 17.7 Å². The average Bonchev–Trinajstić information content (AvgIpc) is 2.08. The summed E-state index contributed by atoms with van der Waals surface area (Å²) < 4.78 is 5.97. The lowest BCUT2D eigenvalue weighted by atomic mass is 10.3. The number of anilines is 1. The van der Waals surface area contributed by atoms with Gasteiger partial charge in [-0.25, -0.2) is 4.98 Å². The molecule has 1 N–H and O–H groups in total. The van der Waals surface area contributed by atoms with Crippen LogP contribution in [0.3, 0.4) is 0 Å². The van der Waals surface area contributed by atoms with Gasteiger partial charge >= 0.3 is 0 Å². The maximum Gasteiger partial charge on any atom is 0.266 e. The number of hydrogen-bond acceptors (Lipinski definition) is 3. The van der Waals surface area contributed by atoms with Gasteiger partial charge in [-0.3, -0.25) is 4.79 Å². The van der Waals surface area contributed by atoms with Gasteiger partial charge in [0.1, 0.15) is 4.60 Å². The predicted octanol–water partition coefficient (Wildman–Crippen LogP) is 1.56. The zero-order chi connectivity index (χ0) is 9.42. The summed E-state index contributed by atoms with van der Waals surface area (Å²) in [5.41, 5.74) is 0. The van der Waals surface area contributed by atoms with Crippen molar-refractivity contribution in [2.75, 3.05) is 5.32 Å². The second-order valence-electron chi connectivity index (χ2n) is 2.73. The third-order valence-corrected chi connectivity index (χ3v) is 2.18. The van der Waals surface area contributed by atoms with Gasteiger partial charge in [-0.15, -0.1) is 0 Å². The van der Waals surface area contributed by atoms with Crippen LogP contribution in [0.4, 0.5) is 5.82 Å². The number of pyridine rings is 1. The summed E-state index contributed by atoms with van der Waals surface area (Å²) in [6, 6.07) is 3.53. The molecule has 0 unspecified atom stereocenters. The van der Waals surface area contributed by atoms with E-state index in [0.29, 0.717) is 16.2 Å². The Kier molecular flexibility index (Phi) is 1.95. The molecule has 1 aromatic heterocycles. The molecule has 4 nitrogen and oxygen atoms in total. The SMILES string of the molecule is C[C@@H]1Oc2ccc(Br)nc2NC1=O. The third kappa shape index (κ3) is 1.51. The quantitative estimate of drug-likeness (QED) is 0.703. The Hall–Kier alpha value is -1.10. The molecule has 0 fully saturated rings. The minimum atomic E-state index is -0.449. The first kappa shape index (κ1) is 8.50. The summed E-state index contributed by atoms with van der Waals surface area (Å²) in [5, 5.41) is 2.65. The molecule has 1 amide bonds. The number of nitrogens with zero attached hydrogens (tertiary/aromatic N) is 1. The second kappa shape index (κ2) is 2.99. The maximum atomic E-state index is 11.2. The molecule has 2 rings (SSSR count). The highest BCUT2D eigenvalue weighted by atomic mass is 79.9. The predicted molar refractivity (Wildman–Crippen MR) is 50.7 cm³/mol. The molecular formula is C8H7BrN2O2. The van der Waals surface area contributed by atoms with Crippen LogP contribution in [0.1, 0.15) is 6.92 Å². The van der Waals surface area contributed by atoms with Crippen molar-refractivity contribution in [2.24, 2.45) is 0 Å². The lowest BCUT2D eigenvalue weighted by Gasteiger charge is -2.21. The van der Waals surface area contributed by atoms with E-state index in [4.69, 9.17) is 4.74 Å². The fourth-order valence-corrected chi connectivity index (χ4v) is 1.38. The van der Waals surface area contributed by atoms with E-state index in [0.717, 1.165) is 0 Å². The van der Waals surface area contributed by atoms with Gasteiger partial charge in [0.05, 0.1) is 0 Å². The minimum absolute atomic E-state index is 0.168. The molecule has 0 aromatic carbocycles. The lowest BCUT2D eigenvalue weighted by Crippen LogP contribution is -2.34. The summed E-state index contributed by atoms with van der Waals surface area (Å²) in [6.45, 7) is 1.69. The maximum absolute atomic E-state index is 11.2. The first-order valence-electron chi connectivity index (χ1n) is 3.81. The Morgan fingerprint density at radius 2 is 2.38 bits per heavy atom. The van der Waals surface area contributed by atoms with Crippen molar-refractivity contribution in [3.63, 3.8) is 0 Å². The summed E-state index contributed by atoms with van der Waals surface area (Å²) in [7, 11) is 0. The van der Waals surface area contributed by atoms with Crippen molar-refractivity contribution in [1.29, 1.82) is 0 Å². The van der Waals surface area contributed by atoms with Crippen LogP contribution in [0.2, 0.25) is 0 Å². The first-order chi connectivity index (χ1) is 6.16. The minimum Gasteiger partial charge on any atom is -0.477 e. The van der Waals surface area contributed by atoms with Gasteiger partial charge in [0.2, 0.25) is 0 Å². The third-order valence-electron chi connectivity index (χ3n) is 1.74. The van der Waals surface area contributed by atoms with Crippen LogP contribution in [0, 0.1) is 0 Å². The summed E-state index contributed by atoms with van der Waals surface area (Å²) >= 11 is 3.21. The van der Waals surface area contributed by atoms with Crippen LogP contribution in [-0.2, 0) is 4.79 Å². The number of fused-ring (bicyclic) bond motifs is 1. The monoisotopic (exact) mass is 242 g/mol. The zero-order valence-electron chi connectivity index (χ0n) is 6.87. The van der Waals surface area contributed by atoms with Crippen LogP contribution < -0.4 is 10.1 Å². The number of carbonyl (C=O) groups is 1. The molecule has 13 heavy (non-hydrogen) atoms. The highest BCUT2D eigenvalue weighted by Gasteiger charge is 2.24. The molecule has 0 radical (unpaired) electrons. The van der Waals surface area contributed by atoms with Gasteiger partial charge in [-0.05, 0) is 35.0 Å². The van der Waals surface area contributed by atoms with Crippen molar-refractivity contribution < 1.29 is 9.53 Å². The molecular weight excluding hydrogens is 236 g/mol. The molecule has 1 aromatic rings. The molecule has 0 aliphatic carbocycles. The van der Waals surface area contributed by atoms with E-state index in [1.54, 1.807) is 19.1 Å². The Morgan fingerprint density at radius 3 is 3.15 bits per heavy atom. The van der Waals surface area contributed by atoms with E-state index in [1.807, 2.05) is 0 Å². The van der Waals surface area contributed by atoms with E-state index >= 15 is 0 Å². The molecule has 1 aliphatic rings. The van der Waals surface area contributed by atoms with Crippen molar-refractivity contribution in [3.05, 3.63) is 16.7 Å². The number of halogens is 1. The second-order valence-corrected chi connectivity index (χ2v) is 3.54. The van der Waals surface area contributed by atoms with Crippen LogP contribution in [0.15, 0.2) is 16.7 Å². The van der Waals surface area contributed by atoms with Gasteiger partial charge in [0.25, 0.3) is 5.91 Å². The standard InChI is InChI=1S/C8H7BrN2O2/c1-4-8(12)11-7-5(13-4)2-3-6(9)10-7/h2-4H,1H3,(H,10,11,12)/t4-/m0/s1. The van der Waals surface area contributed by atoms with Gasteiger partial charge in [-0.2, -0.15) is 0 Å². The fourth-order valence-electron chi connectivity index (χ4n) is 1.07. The number of amides is 1. The van der Waals surface area contributed by atoms with E-state index in [1.165, 1.54) is 0 Å². The number of nitrogens with one attached hydrogen (secondary N) is 1. The fraction of sp³-hybridized carbons (Fsp3) is 0.250. The van der Waals surface area contributed by atoms with E-state index in [-0.39, 0.29) is 5.91 Å². The van der Waals surface area contributed by atoms with E-state index in [2.05, 4.69) is 26.2 Å². The molecule has 1 atom stereocenters. The largest absolute Gasteiger partial charge is 0.477 e. The normalized spacial score (nSPS) is 20.2. The van der Waals surface area contributed by atoms with Gasteiger partial charge in [-0.1, -0.05) is 0 Å². The molecule has 1 aliphatic heterocycles. The molecule has 0 bridgehead atoms. The molecule has 5 heteroatoms. The van der Waals surface area contributed by atoms with Gasteiger partial charge in [0, 0.05) is 0 Å². The zero-order valence-corrected chi connectivity index (χ0v) is 8.46. The Morgan fingerprint density at radius 1 is 1.62 bits per heavy atom. The van der Waals surface area contributed by atoms with Crippen LogP contribution in [-0.4, -0.2) is 17.0 Å². The van der Waals surface area contributed by atoms with Crippen LogP contribution in [0.25, 0.3) is 0 Å². The number of hydrogen-bond donors (Lipinski definition) is 1. The van der Waals surface area contributed by atoms with Crippen LogP contribution >= 0.6 is 15.9 Å². The average molecular weight is 243 g/mol. The van der Waals surface area contributed by atoms with Crippen LogP contribution in [0.5, 0.6) is 5.75 Å². The molecule has 2 heterocycles. The number of aromatic nitrogens is 1. The molecule has 0 saturated carbocycles. The Bertz CT molecular complexity index is 367. The number of rotatable bonds is 0. The molecule has 0 saturated heterocycles. The number of carbonyl (C=O) groups excluding carboxylic acids is 1. The first-order valence-corrected chi connectivity index (χ1v) is 4.60. The molecule has 0 spiro atoms. The summed E-state index contributed by atoms with van der Waals surface area (Å²) in [4.78, 5) is 15.2. The highest BCUT2D eigenvalue weighted by molar-refractivity contribution is 9.10. The van der Waals surface area contributed by atoms with Gasteiger partial charge < -0.3 is 10.1 Å². The molecule has 68 valence electrons.